The zero-order valence-electron chi connectivity index (χ0n) is 13.2. The maximum atomic E-state index is 12.8. The standard InChI is InChI=1S/C19H16N2O3/c1-21(14-6-7-17-13(10-14)8-9-24-17)19(23)16-11-12-4-2-3-5-15(12)18(22)20-16/h2-7,10-11H,8-9H2,1H3,(H,20,22). The molecule has 1 amide bonds. The van der Waals surface area contributed by atoms with Gasteiger partial charge < -0.3 is 14.6 Å². The van der Waals surface area contributed by atoms with Gasteiger partial charge in [0.15, 0.2) is 0 Å². The number of aromatic amines is 1. The van der Waals surface area contributed by atoms with Crippen LogP contribution in [0.15, 0.2) is 53.3 Å². The van der Waals surface area contributed by atoms with Crippen molar-refractivity contribution in [1.82, 2.24) is 4.98 Å². The molecular formula is C19H16N2O3. The molecule has 0 spiro atoms. The zero-order chi connectivity index (χ0) is 16.7. The molecule has 0 fully saturated rings. The van der Waals surface area contributed by atoms with Crippen molar-refractivity contribution in [2.45, 2.75) is 6.42 Å². The van der Waals surface area contributed by atoms with E-state index >= 15 is 0 Å². The zero-order valence-corrected chi connectivity index (χ0v) is 13.2. The number of carbonyl (C=O) groups excluding carboxylic acids is 1. The highest BCUT2D eigenvalue weighted by Crippen LogP contribution is 2.29. The molecule has 1 aliphatic rings. The van der Waals surface area contributed by atoms with E-state index in [-0.39, 0.29) is 17.2 Å². The Labute approximate surface area is 138 Å². The van der Waals surface area contributed by atoms with E-state index in [2.05, 4.69) is 4.98 Å². The van der Waals surface area contributed by atoms with Crippen LogP contribution in [0, 0.1) is 0 Å². The fourth-order valence-electron chi connectivity index (χ4n) is 3.01. The van der Waals surface area contributed by atoms with Crippen molar-refractivity contribution in [1.29, 1.82) is 0 Å². The number of amides is 1. The van der Waals surface area contributed by atoms with Crippen molar-refractivity contribution >= 4 is 22.4 Å². The van der Waals surface area contributed by atoms with Gasteiger partial charge in [-0.3, -0.25) is 9.59 Å². The van der Waals surface area contributed by atoms with Gasteiger partial charge in [-0.05, 0) is 41.3 Å². The van der Waals surface area contributed by atoms with Gasteiger partial charge >= 0.3 is 0 Å². The van der Waals surface area contributed by atoms with Crippen LogP contribution in [0.3, 0.4) is 0 Å². The van der Waals surface area contributed by atoms with E-state index in [1.165, 1.54) is 0 Å². The summed E-state index contributed by atoms with van der Waals surface area (Å²) in [7, 11) is 1.70. The van der Waals surface area contributed by atoms with E-state index in [9.17, 15) is 9.59 Å². The average Bonchev–Trinajstić information content (AvgIpc) is 3.08. The van der Waals surface area contributed by atoms with Crippen LogP contribution < -0.4 is 15.2 Å². The largest absolute Gasteiger partial charge is 0.493 e. The lowest BCUT2D eigenvalue weighted by atomic mass is 10.1. The predicted molar refractivity (Wildman–Crippen MR) is 92.9 cm³/mol. The summed E-state index contributed by atoms with van der Waals surface area (Å²) in [5.74, 6) is 0.621. The Morgan fingerprint density at radius 3 is 2.88 bits per heavy atom. The molecule has 24 heavy (non-hydrogen) atoms. The average molecular weight is 320 g/mol. The number of H-pyrrole nitrogens is 1. The Morgan fingerprint density at radius 1 is 1.17 bits per heavy atom. The minimum atomic E-state index is -0.257. The first kappa shape index (κ1) is 14.5. The van der Waals surface area contributed by atoms with E-state index in [1.807, 2.05) is 30.3 Å². The summed E-state index contributed by atoms with van der Waals surface area (Å²) in [6.45, 7) is 0.675. The molecule has 0 atom stereocenters. The minimum absolute atomic E-state index is 0.253. The number of benzene rings is 2. The number of rotatable bonds is 2. The number of nitrogens with one attached hydrogen (secondary N) is 1. The maximum Gasteiger partial charge on any atom is 0.274 e. The molecule has 2 aromatic carbocycles. The van der Waals surface area contributed by atoms with E-state index in [0.717, 1.165) is 28.8 Å². The quantitative estimate of drug-likeness (QED) is 0.790. The smallest absolute Gasteiger partial charge is 0.274 e. The molecule has 2 heterocycles. The summed E-state index contributed by atoms with van der Waals surface area (Å²) < 4.78 is 5.49. The van der Waals surface area contributed by atoms with E-state index in [1.54, 1.807) is 30.1 Å². The lowest BCUT2D eigenvalue weighted by Crippen LogP contribution is -2.28. The SMILES string of the molecule is CN(C(=O)c1cc2ccccc2c(=O)[nH]1)c1ccc2c(c1)CCO2. The molecule has 0 radical (unpaired) electrons. The maximum absolute atomic E-state index is 12.8. The van der Waals surface area contributed by atoms with Gasteiger partial charge in [0.25, 0.3) is 11.5 Å². The third-order valence-electron chi connectivity index (χ3n) is 4.35. The Hall–Kier alpha value is -3.08. The lowest BCUT2D eigenvalue weighted by molar-refractivity contribution is 0.0988. The molecule has 0 saturated heterocycles. The highest BCUT2D eigenvalue weighted by atomic mass is 16.5. The van der Waals surface area contributed by atoms with Gasteiger partial charge in [0.1, 0.15) is 11.4 Å². The topological polar surface area (TPSA) is 62.4 Å². The third-order valence-corrected chi connectivity index (χ3v) is 4.35. The molecule has 120 valence electrons. The van der Waals surface area contributed by atoms with Crippen LogP contribution in [0.2, 0.25) is 0 Å². The molecule has 0 unspecified atom stereocenters. The molecule has 0 bridgehead atoms. The Morgan fingerprint density at radius 2 is 2.00 bits per heavy atom. The fourth-order valence-corrected chi connectivity index (χ4v) is 3.01. The normalized spacial score (nSPS) is 12.7. The number of anilines is 1. The van der Waals surface area contributed by atoms with Gasteiger partial charge in [-0.25, -0.2) is 0 Å². The summed E-state index contributed by atoms with van der Waals surface area (Å²) in [4.78, 5) is 29.2. The van der Waals surface area contributed by atoms with Crippen molar-refractivity contribution < 1.29 is 9.53 Å². The molecule has 0 saturated carbocycles. The third kappa shape index (κ3) is 2.34. The van der Waals surface area contributed by atoms with Crippen LogP contribution in [-0.4, -0.2) is 24.5 Å². The van der Waals surface area contributed by atoms with E-state index in [4.69, 9.17) is 4.74 Å². The molecular weight excluding hydrogens is 304 g/mol. The van der Waals surface area contributed by atoms with Crippen molar-refractivity contribution in [2.24, 2.45) is 0 Å². The lowest BCUT2D eigenvalue weighted by Gasteiger charge is -2.18. The second-order valence-electron chi connectivity index (χ2n) is 5.85. The second kappa shape index (κ2) is 5.53. The molecule has 5 heteroatoms. The Kier molecular flexibility index (Phi) is 3.34. The van der Waals surface area contributed by atoms with Crippen LogP contribution in [-0.2, 0) is 6.42 Å². The molecule has 1 aliphatic heterocycles. The predicted octanol–water partition coefficient (Wildman–Crippen LogP) is 2.74. The Bertz CT molecular complexity index is 1010. The van der Waals surface area contributed by atoms with Gasteiger partial charge in [-0.1, -0.05) is 18.2 Å². The van der Waals surface area contributed by atoms with Gasteiger partial charge in [0, 0.05) is 24.5 Å². The van der Waals surface area contributed by atoms with Crippen LogP contribution in [0.4, 0.5) is 5.69 Å². The summed E-state index contributed by atoms with van der Waals surface area (Å²) in [5, 5.41) is 1.33. The number of ether oxygens (including phenoxy) is 1. The first-order chi connectivity index (χ1) is 11.6. The number of nitrogens with zero attached hydrogens (tertiary/aromatic N) is 1. The highest BCUT2D eigenvalue weighted by molar-refractivity contribution is 6.06. The van der Waals surface area contributed by atoms with Crippen molar-refractivity contribution in [3.05, 3.63) is 70.1 Å². The summed E-state index contributed by atoms with van der Waals surface area (Å²) in [6, 6.07) is 14.6. The summed E-state index contributed by atoms with van der Waals surface area (Å²) >= 11 is 0. The number of hydrogen-bond donors (Lipinski definition) is 1. The van der Waals surface area contributed by atoms with Crippen LogP contribution in [0.5, 0.6) is 5.75 Å². The van der Waals surface area contributed by atoms with Crippen LogP contribution in [0.25, 0.3) is 10.8 Å². The summed E-state index contributed by atoms with van der Waals surface area (Å²) in [6.07, 6.45) is 0.845. The van der Waals surface area contributed by atoms with Crippen LogP contribution >= 0.6 is 0 Å². The van der Waals surface area contributed by atoms with E-state index < -0.39 is 0 Å². The minimum Gasteiger partial charge on any atom is -0.493 e. The number of fused-ring (bicyclic) bond motifs is 2. The van der Waals surface area contributed by atoms with Crippen molar-refractivity contribution in [3.8, 4) is 5.75 Å². The number of carbonyl (C=O) groups is 1. The van der Waals surface area contributed by atoms with Crippen molar-refractivity contribution in [3.63, 3.8) is 0 Å². The first-order valence-corrected chi connectivity index (χ1v) is 7.79. The molecule has 1 N–H and O–H groups in total. The molecule has 4 rings (SSSR count). The van der Waals surface area contributed by atoms with Gasteiger partial charge in [-0.15, -0.1) is 0 Å². The first-order valence-electron chi connectivity index (χ1n) is 7.79. The second-order valence-corrected chi connectivity index (χ2v) is 5.85. The van der Waals surface area contributed by atoms with Crippen molar-refractivity contribution in [2.75, 3.05) is 18.6 Å². The number of pyridine rings is 1. The van der Waals surface area contributed by atoms with Crippen LogP contribution in [0.1, 0.15) is 16.1 Å². The van der Waals surface area contributed by atoms with Gasteiger partial charge in [-0.2, -0.15) is 0 Å². The molecule has 5 nitrogen and oxygen atoms in total. The summed E-state index contributed by atoms with van der Waals surface area (Å²) in [5.41, 5.74) is 1.89. The van der Waals surface area contributed by atoms with Gasteiger partial charge in [0.2, 0.25) is 0 Å². The highest BCUT2D eigenvalue weighted by Gasteiger charge is 2.19. The molecule has 3 aromatic rings. The number of aromatic nitrogens is 1. The fraction of sp³-hybridized carbons (Fsp3) is 0.158. The van der Waals surface area contributed by atoms with E-state index in [0.29, 0.717) is 12.0 Å². The monoisotopic (exact) mass is 320 g/mol. The Balaban J connectivity index is 1.71. The molecule has 1 aromatic heterocycles. The van der Waals surface area contributed by atoms with Gasteiger partial charge in [0.05, 0.1) is 6.61 Å². The molecule has 0 aliphatic carbocycles. The number of hydrogen-bond acceptors (Lipinski definition) is 3.